The van der Waals surface area contributed by atoms with Gasteiger partial charge in [0.05, 0.1) is 23.3 Å². The van der Waals surface area contributed by atoms with Crippen LogP contribution in [0, 0.1) is 26.7 Å². The number of nitrogens with one attached hydrogen (secondary N) is 1. The number of aryl methyl sites for hydroxylation is 2. The summed E-state index contributed by atoms with van der Waals surface area (Å²) in [5.74, 6) is -2.82. The number of anilines is 1. The smallest absolute Gasteiger partial charge is 0.315 e. The molecule has 116 valence electrons. The molecular weight excluding hydrogens is 282 g/mol. The lowest BCUT2D eigenvalue weighted by atomic mass is 10.1. The van der Waals surface area contributed by atoms with E-state index in [0.29, 0.717) is 5.69 Å². The molecule has 6 nitrogen and oxygen atoms in total. The molecule has 1 heterocycles. The monoisotopic (exact) mass is 301 g/mol. The van der Waals surface area contributed by atoms with Crippen molar-refractivity contribution < 1.29 is 14.7 Å². The normalized spacial score (nSPS) is 12.0. The number of carbonyl (C=O) groups excluding carboxylic acids is 1. The van der Waals surface area contributed by atoms with Gasteiger partial charge in [0.15, 0.2) is 0 Å². The van der Waals surface area contributed by atoms with Gasteiger partial charge in [0.1, 0.15) is 5.92 Å². The molecule has 0 radical (unpaired) electrons. The molecule has 1 atom stereocenters. The lowest BCUT2D eigenvalue weighted by Gasteiger charge is -2.11. The Morgan fingerprint density at radius 2 is 1.95 bits per heavy atom. The molecule has 2 rings (SSSR count). The Hall–Kier alpha value is -2.63. The van der Waals surface area contributed by atoms with E-state index in [1.165, 1.54) is 13.1 Å². The minimum Gasteiger partial charge on any atom is -0.481 e. The maximum atomic E-state index is 11.8. The largest absolute Gasteiger partial charge is 0.481 e. The van der Waals surface area contributed by atoms with Gasteiger partial charge in [0.25, 0.3) is 0 Å². The van der Waals surface area contributed by atoms with Crippen LogP contribution < -0.4 is 5.32 Å². The summed E-state index contributed by atoms with van der Waals surface area (Å²) in [6.07, 6.45) is 1.53. The average Bonchev–Trinajstić information content (AvgIpc) is 2.81. The zero-order valence-corrected chi connectivity index (χ0v) is 13.0. The summed E-state index contributed by atoms with van der Waals surface area (Å²) in [4.78, 5) is 22.7. The molecule has 1 unspecified atom stereocenters. The molecule has 0 aliphatic heterocycles. The van der Waals surface area contributed by atoms with Crippen molar-refractivity contribution in [2.45, 2.75) is 27.7 Å². The van der Waals surface area contributed by atoms with Crippen molar-refractivity contribution in [2.24, 2.45) is 5.92 Å². The number of nitrogens with zero attached hydrogens (tertiary/aromatic N) is 2. The second-order valence-corrected chi connectivity index (χ2v) is 5.39. The van der Waals surface area contributed by atoms with Gasteiger partial charge in [-0.15, -0.1) is 0 Å². The van der Waals surface area contributed by atoms with E-state index in [1.54, 1.807) is 4.68 Å². The summed E-state index contributed by atoms with van der Waals surface area (Å²) in [6, 6.07) is 6.05. The number of aromatic nitrogens is 2. The quantitative estimate of drug-likeness (QED) is 0.850. The number of carboxylic acid groups (broad SMARTS) is 1. The van der Waals surface area contributed by atoms with E-state index in [2.05, 4.69) is 10.4 Å². The Kier molecular flexibility index (Phi) is 4.30. The van der Waals surface area contributed by atoms with Gasteiger partial charge in [-0.25, -0.2) is 4.68 Å². The Balaban J connectivity index is 2.32. The van der Waals surface area contributed by atoms with E-state index in [4.69, 9.17) is 5.11 Å². The molecule has 1 amide bonds. The van der Waals surface area contributed by atoms with Crippen LogP contribution in [0.5, 0.6) is 0 Å². The van der Waals surface area contributed by atoms with Gasteiger partial charge in [-0.3, -0.25) is 9.59 Å². The molecule has 1 aromatic heterocycles. The fourth-order valence-electron chi connectivity index (χ4n) is 2.08. The third-order valence-electron chi connectivity index (χ3n) is 3.62. The summed E-state index contributed by atoms with van der Waals surface area (Å²) >= 11 is 0. The standard InChI is InChI=1S/C16H19N3O3/c1-9-5-6-10(2)14(7-9)19-12(4)13(8-17-19)18-15(20)11(3)16(21)22/h5-8,11H,1-4H3,(H,18,20)(H,21,22). The highest BCUT2D eigenvalue weighted by Crippen LogP contribution is 2.22. The summed E-state index contributed by atoms with van der Waals surface area (Å²) in [5.41, 5.74) is 4.37. The summed E-state index contributed by atoms with van der Waals surface area (Å²) in [5, 5.41) is 15.8. The van der Waals surface area contributed by atoms with Crippen LogP contribution in [0.15, 0.2) is 24.4 Å². The second-order valence-electron chi connectivity index (χ2n) is 5.39. The van der Waals surface area contributed by atoms with Crippen molar-refractivity contribution in [3.8, 4) is 5.69 Å². The molecule has 0 spiro atoms. The predicted molar refractivity (Wildman–Crippen MR) is 83.2 cm³/mol. The number of carbonyl (C=O) groups is 2. The topological polar surface area (TPSA) is 84.2 Å². The molecule has 22 heavy (non-hydrogen) atoms. The van der Waals surface area contributed by atoms with Crippen molar-refractivity contribution in [2.75, 3.05) is 5.32 Å². The highest BCUT2D eigenvalue weighted by molar-refractivity contribution is 6.04. The maximum absolute atomic E-state index is 11.8. The first-order valence-corrected chi connectivity index (χ1v) is 6.97. The van der Waals surface area contributed by atoms with Crippen molar-refractivity contribution >= 4 is 17.6 Å². The zero-order valence-electron chi connectivity index (χ0n) is 13.0. The van der Waals surface area contributed by atoms with Gasteiger partial charge in [0, 0.05) is 0 Å². The molecule has 0 fully saturated rings. The third kappa shape index (κ3) is 3.00. The van der Waals surface area contributed by atoms with Gasteiger partial charge < -0.3 is 10.4 Å². The molecule has 6 heteroatoms. The fraction of sp³-hybridized carbons (Fsp3) is 0.312. The zero-order chi connectivity index (χ0) is 16.4. The van der Waals surface area contributed by atoms with Crippen molar-refractivity contribution in [1.82, 2.24) is 9.78 Å². The molecule has 0 bridgehead atoms. The van der Waals surface area contributed by atoms with E-state index >= 15 is 0 Å². The van der Waals surface area contributed by atoms with Gasteiger partial charge in [-0.2, -0.15) is 5.10 Å². The molecule has 0 aliphatic rings. The van der Waals surface area contributed by atoms with Crippen molar-refractivity contribution in [3.05, 3.63) is 41.2 Å². The maximum Gasteiger partial charge on any atom is 0.315 e. The summed E-state index contributed by atoms with van der Waals surface area (Å²) in [6.45, 7) is 7.16. The Morgan fingerprint density at radius 3 is 2.59 bits per heavy atom. The minimum absolute atomic E-state index is 0.513. The number of aliphatic carboxylic acids is 1. The number of rotatable bonds is 4. The van der Waals surface area contributed by atoms with Gasteiger partial charge >= 0.3 is 5.97 Å². The molecule has 0 saturated heterocycles. The van der Waals surface area contributed by atoms with Crippen molar-refractivity contribution in [3.63, 3.8) is 0 Å². The summed E-state index contributed by atoms with van der Waals surface area (Å²) in [7, 11) is 0. The van der Waals surface area contributed by atoms with Crippen LogP contribution in [-0.2, 0) is 9.59 Å². The van der Waals surface area contributed by atoms with Crippen LogP contribution in [0.3, 0.4) is 0 Å². The Labute approximate surface area is 128 Å². The van der Waals surface area contributed by atoms with E-state index in [9.17, 15) is 9.59 Å². The molecule has 1 aromatic carbocycles. The Morgan fingerprint density at radius 1 is 1.27 bits per heavy atom. The first-order chi connectivity index (χ1) is 10.3. The molecule has 0 aliphatic carbocycles. The van der Waals surface area contributed by atoms with Gasteiger partial charge in [-0.1, -0.05) is 12.1 Å². The highest BCUT2D eigenvalue weighted by atomic mass is 16.4. The van der Waals surface area contributed by atoms with Crippen LogP contribution in [0.4, 0.5) is 5.69 Å². The van der Waals surface area contributed by atoms with Crippen LogP contribution in [0.25, 0.3) is 5.69 Å². The highest BCUT2D eigenvalue weighted by Gasteiger charge is 2.22. The SMILES string of the molecule is Cc1ccc(C)c(-n2ncc(NC(=O)C(C)C(=O)O)c2C)c1. The number of hydrogen-bond acceptors (Lipinski definition) is 3. The first kappa shape index (κ1) is 15.8. The number of amides is 1. The summed E-state index contributed by atoms with van der Waals surface area (Å²) < 4.78 is 1.74. The number of benzene rings is 1. The lowest BCUT2D eigenvalue weighted by Crippen LogP contribution is -2.27. The van der Waals surface area contributed by atoms with Crippen LogP contribution in [-0.4, -0.2) is 26.8 Å². The molecule has 0 saturated carbocycles. The first-order valence-electron chi connectivity index (χ1n) is 6.97. The fourth-order valence-corrected chi connectivity index (χ4v) is 2.08. The Bertz CT molecular complexity index is 734. The van der Waals surface area contributed by atoms with Gasteiger partial charge in [-0.05, 0) is 44.9 Å². The van der Waals surface area contributed by atoms with E-state index in [1.807, 2.05) is 39.0 Å². The third-order valence-corrected chi connectivity index (χ3v) is 3.62. The number of carboxylic acids is 1. The van der Waals surface area contributed by atoms with E-state index in [-0.39, 0.29) is 0 Å². The van der Waals surface area contributed by atoms with E-state index < -0.39 is 17.8 Å². The van der Waals surface area contributed by atoms with E-state index in [0.717, 1.165) is 22.5 Å². The van der Waals surface area contributed by atoms with Crippen molar-refractivity contribution in [1.29, 1.82) is 0 Å². The van der Waals surface area contributed by atoms with Crippen LogP contribution in [0.1, 0.15) is 23.7 Å². The minimum atomic E-state index is -1.16. The van der Waals surface area contributed by atoms with Crippen LogP contribution in [0.2, 0.25) is 0 Å². The predicted octanol–water partition coefficient (Wildman–Crippen LogP) is 2.46. The second kappa shape index (κ2) is 6.01. The van der Waals surface area contributed by atoms with Crippen LogP contribution >= 0.6 is 0 Å². The molecule has 2 N–H and O–H groups in total. The van der Waals surface area contributed by atoms with Gasteiger partial charge in [0.2, 0.25) is 5.91 Å². The average molecular weight is 301 g/mol. The molecular formula is C16H19N3O3. The number of hydrogen-bond donors (Lipinski definition) is 2. The molecule has 2 aromatic rings. The lowest BCUT2D eigenvalue weighted by molar-refractivity contribution is -0.144.